The van der Waals surface area contributed by atoms with E-state index in [0.717, 1.165) is 25.1 Å². The minimum atomic E-state index is -4.30. The van der Waals surface area contributed by atoms with Crippen molar-refractivity contribution in [2.75, 3.05) is 0 Å². The lowest BCUT2D eigenvalue weighted by atomic mass is 10.1. The first-order valence-electron chi connectivity index (χ1n) is 5.28. The molecule has 1 aliphatic carbocycles. The van der Waals surface area contributed by atoms with Gasteiger partial charge in [-0.2, -0.15) is 13.2 Å². The molecule has 1 aromatic heterocycles. The van der Waals surface area contributed by atoms with Crippen LogP contribution in [0, 0.1) is 0 Å². The predicted octanol–water partition coefficient (Wildman–Crippen LogP) is 4.06. The maximum Gasteiger partial charge on any atom is 0.417 e. The highest BCUT2D eigenvalue weighted by molar-refractivity contribution is 5.49. The lowest BCUT2D eigenvalue weighted by Gasteiger charge is -2.05. The second kappa shape index (κ2) is 4.28. The molecule has 4 heteroatoms. The third-order valence-electron chi connectivity index (χ3n) is 2.71. The highest BCUT2D eigenvalue weighted by Gasteiger charge is 2.30. The van der Waals surface area contributed by atoms with Gasteiger partial charge in [0.25, 0.3) is 0 Å². The molecule has 86 valence electrons. The van der Waals surface area contributed by atoms with Gasteiger partial charge in [-0.3, -0.25) is 4.98 Å². The van der Waals surface area contributed by atoms with Crippen molar-refractivity contribution in [2.24, 2.45) is 0 Å². The summed E-state index contributed by atoms with van der Waals surface area (Å²) >= 11 is 0. The van der Waals surface area contributed by atoms with E-state index in [4.69, 9.17) is 0 Å². The van der Waals surface area contributed by atoms with Crippen molar-refractivity contribution in [3.8, 4) is 0 Å². The Labute approximate surface area is 92.0 Å². The maximum atomic E-state index is 12.3. The van der Waals surface area contributed by atoms with Crippen molar-refractivity contribution in [1.29, 1.82) is 0 Å². The molecule has 1 aliphatic rings. The molecule has 0 unspecified atom stereocenters. The molecule has 0 bridgehead atoms. The number of nitrogens with zero attached hydrogens (tertiary/aromatic N) is 1. The van der Waals surface area contributed by atoms with E-state index in [1.165, 1.54) is 24.5 Å². The standard InChI is InChI=1S/C12H12F3N/c13-12(14,15)10-5-6-11(16-8-10)7-9-3-1-2-4-9/h5-8H,1-4H2. The lowest BCUT2D eigenvalue weighted by Crippen LogP contribution is -2.05. The lowest BCUT2D eigenvalue weighted by molar-refractivity contribution is -0.137. The monoisotopic (exact) mass is 227 g/mol. The van der Waals surface area contributed by atoms with E-state index in [1.807, 2.05) is 6.08 Å². The molecular formula is C12H12F3N. The molecule has 0 radical (unpaired) electrons. The first-order valence-corrected chi connectivity index (χ1v) is 5.28. The van der Waals surface area contributed by atoms with E-state index in [2.05, 4.69) is 4.98 Å². The Morgan fingerprint density at radius 2 is 1.81 bits per heavy atom. The Bertz CT molecular complexity index is 382. The van der Waals surface area contributed by atoms with Gasteiger partial charge < -0.3 is 0 Å². The van der Waals surface area contributed by atoms with Gasteiger partial charge in [0.2, 0.25) is 0 Å². The summed E-state index contributed by atoms with van der Waals surface area (Å²) in [6, 6.07) is 2.50. The largest absolute Gasteiger partial charge is 0.417 e. The Morgan fingerprint density at radius 3 is 2.31 bits per heavy atom. The van der Waals surface area contributed by atoms with Crippen molar-refractivity contribution in [2.45, 2.75) is 31.9 Å². The fraction of sp³-hybridized carbons (Fsp3) is 0.417. The number of hydrogen-bond donors (Lipinski definition) is 0. The van der Waals surface area contributed by atoms with Crippen LogP contribution in [0.2, 0.25) is 0 Å². The fourth-order valence-electron chi connectivity index (χ4n) is 1.84. The summed E-state index contributed by atoms with van der Waals surface area (Å²) < 4.78 is 36.8. The molecule has 0 amide bonds. The van der Waals surface area contributed by atoms with Crippen LogP contribution >= 0.6 is 0 Å². The molecule has 0 atom stereocenters. The normalized spacial score (nSPS) is 16.6. The molecular weight excluding hydrogens is 215 g/mol. The van der Waals surface area contributed by atoms with Gasteiger partial charge in [-0.05, 0) is 43.9 Å². The summed E-state index contributed by atoms with van der Waals surface area (Å²) in [6.45, 7) is 0. The van der Waals surface area contributed by atoms with Crippen LogP contribution in [0.15, 0.2) is 23.9 Å². The van der Waals surface area contributed by atoms with Crippen LogP contribution in [0.5, 0.6) is 0 Å². The number of pyridine rings is 1. The molecule has 16 heavy (non-hydrogen) atoms. The minimum Gasteiger partial charge on any atom is -0.256 e. The summed E-state index contributed by atoms with van der Waals surface area (Å²) in [4.78, 5) is 3.81. The van der Waals surface area contributed by atoms with Crippen LogP contribution in [0.1, 0.15) is 36.9 Å². The quantitative estimate of drug-likeness (QED) is 0.705. The number of aromatic nitrogens is 1. The molecule has 0 spiro atoms. The summed E-state index contributed by atoms with van der Waals surface area (Å²) in [5, 5.41) is 0. The maximum absolute atomic E-state index is 12.3. The van der Waals surface area contributed by atoms with Gasteiger partial charge in [0, 0.05) is 6.20 Å². The van der Waals surface area contributed by atoms with Crippen LogP contribution in [-0.2, 0) is 6.18 Å². The number of hydrogen-bond acceptors (Lipinski definition) is 1. The minimum absolute atomic E-state index is 0.616. The van der Waals surface area contributed by atoms with Crippen molar-refractivity contribution < 1.29 is 13.2 Å². The molecule has 1 heterocycles. The van der Waals surface area contributed by atoms with E-state index in [0.29, 0.717) is 5.69 Å². The molecule has 2 rings (SSSR count). The van der Waals surface area contributed by atoms with Crippen LogP contribution in [-0.4, -0.2) is 4.98 Å². The third kappa shape index (κ3) is 2.62. The summed E-state index contributed by atoms with van der Waals surface area (Å²) in [6.07, 6.45) is 2.92. The fourth-order valence-corrected chi connectivity index (χ4v) is 1.84. The molecule has 0 saturated heterocycles. The van der Waals surface area contributed by atoms with Crippen LogP contribution in [0.25, 0.3) is 6.08 Å². The average Bonchev–Trinajstić information content (AvgIpc) is 2.70. The van der Waals surface area contributed by atoms with Gasteiger partial charge in [-0.1, -0.05) is 5.57 Å². The van der Waals surface area contributed by atoms with Crippen molar-refractivity contribution >= 4 is 6.08 Å². The van der Waals surface area contributed by atoms with Gasteiger partial charge in [-0.25, -0.2) is 0 Å². The van der Waals surface area contributed by atoms with Gasteiger partial charge in [0.1, 0.15) is 0 Å². The molecule has 0 aromatic carbocycles. The number of allylic oxidation sites excluding steroid dienone is 1. The van der Waals surface area contributed by atoms with E-state index in [-0.39, 0.29) is 0 Å². The average molecular weight is 227 g/mol. The smallest absolute Gasteiger partial charge is 0.256 e. The highest BCUT2D eigenvalue weighted by atomic mass is 19.4. The Hall–Kier alpha value is -1.32. The number of halogens is 3. The van der Waals surface area contributed by atoms with E-state index in [1.54, 1.807) is 0 Å². The molecule has 1 saturated carbocycles. The summed E-state index contributed by atoms with van der Waals surface area (Å²) in [7, 11) is 0. The van der Waals surface area contributed by atoms with Gasteiger partial charge in [0.15, 0.2) is 0 Å². The van der Waals surface area contributed by atoms with E-state index < -0.39 is 11.7 Å². The number of alkyl halides is 3. The van der Waals surface area contributed by atoms with Crippen molar-refractivity contribution in [1.82, 2.24) is 4.98 Å². The van der Waals surface area contributed by atoms with E-state index >= 15 is 0 Å². The zero-order valence-electron chi connectivity index (χ0n) is 8.72. The zero-order chi connectivity index (χ0) is 11.6. The van der Waals surface area contributed by atoms with Gasteiger partial charge in [-0.15, -0.1) is 0 Å². The van der Waals surface area contributed by atoms with E-state index in [9.17, 15) is 13.2 Å². The van der Waals surface area contributed by atoms with Crippen molar-refractivity contribution in [3.05, 3.63) is 35.2 Å². The summed E-state index contributed by atoms with van der Waals surface area (Å²) in [5.74, 6) is 0. The second-order valence-electron chi connectivity index (χ2n) is 3.98. The molecule has 1 nitrogen and oxygen atoms in total. The molecule has 1 aromatic rings. The Morgan fingerprint density at radius 1 is 1.12 bits per heavy atom. The van der Waals surface area contributed by atoms with Crippen LogP contribution in [0.4, 0.5) is 13.2 Å². The second-order valence-corrected chi connectivity index (χ2v) is 3.98. The first-order chi connectivity index (χ1) is 7.55. The summed E-state index contributed by atoms with van der Waals surface area (Å²) in [5.41, 5.74) is 1.21. The third-order valence-corrected chi connectivity index (χ3v) is 2.71. The molecule has 0 aliphatic heterocycles. The number of rotatable bonds is 1. The zero-order valence-corrected chi connectivity index (χ0v) is 8.72. The predicted molar refractivity (Wildman–Crippen MR) is 55.7 cm³/mol. The molecule has 0 N–H and O–H groups in total. The van der Waals surface area contributed by atoms with Gasteiger partial charge >= 0.3 is 6.18 Å². The van der Waals surface area contributed by atoms with Crippen LogP contribution < -0.4 is 0 Å². The highest BCUT2D eigenvalue weighted by Crippen LogP contribution is 2.29. The van der Waals surface area contributed by atoms with Crippen molar-refractivity contribution in [3.63, 3.8) is 0 Å². The molecule has 1 fully saturated rings. The Balaban J connectivity index is 2.16. The first kappa shape index (κ1) is 11.2. The van der Waals surface area contributed by atoms with Crippen LogP contribution in [0.3, 0.4) is 0 Å². The SMILES string of the molecule is FC(F)(F)c1ccc(C=C2CCCC2)nc1. The van der Waals surface area contributed by atoms with Gasteiger partial charge in [0.05, 0.1) is 11.3 Å². The topological polar surface area (TPSA) is 12.9 Å². The Kier molecular flexibility index (Phi) is 2.99.